The molecule has 0 radical (unpaired) electrons. The fourth-order valence-corrected chi connectivity index (χ4v) is 4.00. The lowest BCUT2D eigenvalue weighted by Crippen LogP contribution is -2.25. The maximum absolute atomic E-state index is 11.2. The molecular weight excluding hydrogens is 420 g/mol. The number of hydrogen-bond donors (Lipinski definition) is 1. The molecule has 0 spiro atoms. The number of benzene rings is 4. The SMILES string of the molecule is N#Cc1ccc(CN(CCc2ccccc2)Cc2cccc(-c3ccc(C(=O)O)cc3)c2)cc1. The number of nitrogens with zero attached hydrogens (tertiary/aromatic N) is 2. The Morgan fingerprint density at radius 2 is 1.41 bits per heavy atom. The van der Waals surface area contributed by atoms with E-state index in [-0.39, 0.29) is 5.56 Å². The van der Waals surface area contributed by atoms with Crippen LogP contribution in [0.1, 0.15) is 32.6 Å². The van der Waals surface area contributed by atoms with Crippen LogP contribution >= 0.6 is 0 Å². The summed E-state index contributed by atoms with van der Waals surface area (Å²) in [7, 11) is 0. The second-order valence-corrected chi connectivity index (χ2v) is 8.34. The monoisotopic (exact) mass is 446 g/mol. The van der Waals surface area contributed by atoms with Crippen molar-refractivity contribution in [3.8, 4) is 17.2 Å². The zero-order valence-electron chi connectivity index (χ0n) is 18.9. The van der Waals surface area contributed by atoms with Gasteiger partial charge in [0.05, 0.1) is 17.2 Å². The molecule has 0 fully saturated rings. The van der Waals surface area contributed by atoms with Gasteiger partial charge >= 0.3 is 5.97 Å². The minimum Gasteiger partial charge on any atom is -0.478 e. The number of hydrogen-bond acceptors (Lipinski definition) is 3. The summed E-state index contributed by atoms with van der Waals surface area (Å²) in [6, 6.07) is 35.8. The van der Waals surface area contributed by atoms with Crippen LogP contribution in [-0.4, -0.2) is 22.5 Å². The first kappa shape index (κ1) is 23.0. The first-order valence-electron chi connectivity index (χ1n) is 11.3. The first-order chi connectivity index (χ1) is 16.6. The minimum absolute atomic E-state index is 0.286. The van der Waals surface area contributed by atoms with E-state index in [4.69, 9.17) is 10.4 Å². The molecule has 34 heavy (non-hydrogen) atoms. The molecule has 0 saturated carbocycles. The number of aromatic carboxylic acids is 1. The van der Waals surface area contributed by atoms with Gasteiger partial charge in [-0.1, -0.05) is 72.8 Å². The Balaban J connectivity index is 1.52. The van der Waals surface area contributed by atoms with Crippen molar-refractivity contribution in [1.29, 1.82) is 5.26 Å². The van der Waals surface area contributed by atoms with Crippen LogP contribution in [0.15, 0.2) is 103 Å². The summed E-state index contributed by atoms with van der Waals surface area (Å²) in [5.41, 5.74) is 6.69. The lowest BCUT2D eigenvalue weighted by molar-refractivity contribution is 0.0697. The van der Waals surface area contributed by atoms with Crippen molar-refractivity contribution in [2.45, 2.75) is 19.5 Å². The highest BCUT2D eigenvalue weighted by Gasteiger charge is 2.10. The van der Waals surface area contributed by atoms with E-state index in [1.165, 1.54) is 16.7 Å². The molecule has 1 N–H and O–H groups in total. The standard InChI is InChI=1S/C30H26N2O2/c31-20-24-9-11-25(12-10-24)21-32(18-17-23-5-2-1-3-6-23)22-26-7-4-8-29(19-26)27-13-15-28(16-14-27)30(33)34/h1-16,19H,17-18,21-22H2,(H,33,34). The Kier molecular flexibility index (Phi) is 7.49. The van der Waals surface area contributed by atoms with Crippen molar-refractivity contribution < 1.29 is 9.90 Å². The van der Waals surface area contributed by atoms with Crippen LogP contribution in [0.2, 0.25) is 0 Å². The molecule has 0 saturated heterocycles. The second-order valence-electron chi connectivity index (χ2n) is 8.34. The van der Waals surface area contributed by atoms with Crippen molar-refractivity contribution in [3.63, 3.8) is 0 Å². The van der Waals surface area contributed by atoms with Gasteiger partial charge in [-0.2, -0.15) is 5.26 Å². The average molecular weight is 447 g/mol. The molecule has 0 atom stereocenters. The predicted octanol–water partition coefficient (Wildman–Crippen LogP) is 6.17. The van der Waals surface area contributed by atoms with E-state index in [2.05, 4.69) is 47.4 Å². The summed E-state index contributed by atoms with van der Waals surface area (Å²) >= 11 is 0. The molecule has 0 heterocycles. The molecule has 0 aliphatic heterocycles. The number of nitriles is 1. The van der Waals surface area contributed by atoms with Gasteiger partial charge in [0.2, 0.25) is 0 Å². The number of carboxylic acid groups (broad SMARTS) is 1. The Bertz CT molecular complexity index is 1270. The second kappa shape index (κ2) is 11.1. The summed E-state index contributed by atoms with van der Waals surface area (Å²) in [6.45, 7) is 2.48. The van der Waals surface area contributed by atoms with Crippen molar-refractivity contribution in [1.82, 2.24) is 4.90 Å². The van der Waals surface area contributed by atoms with Gasteiger partial charge in [0.1, 0.15) is 0 Å². The van der Waals surface area contributed by atoms with Crippen LogP contribution < -0.4 is 0 Å². The fraction of sp³-hybridized carbons (Fsp3) is 0.133. The predicted molar refractivity (Wildman–Crippen MR) is 134 cm³/mol. The number of carboxylic acids is 1. The Labute approximate surface area is 200 Å². The molecule has 0 aliphatic rings. The van der Waals surface area contributed by atoms with E-state index in [9.17, 15) is 4.79 Å². The van der Waals surface area contributed by atoms with Gasteiger partial charge < -0.3 is 5.11 Å². The maximum atomic E-state index is 11.2. The van der Waals surface area contributed by atoms with Gasteiger partial charge in [0.15, 0.2) is 0 Å². The van der Waals surface area contributed by atoms with Gasteiger partial charge in [0.25, 0.3) is 0 Å². The average Bonchev–Trinajstić information content (AvgIpc) is 2.88. The Hall–Kier alpha value is -4.20. The van der Waals surface area contributed by atoms with Crippen LogP contribution in [0.5, 0.6) is 0 Å². The van der Waals surface area contributed by atoms with Gasteiger partial charge in [-0.3, -0.25) is 4.90 Å². The summed E-state index contributed by atoms with van der Waals surface area (Å²) < 4.78 is 0. The zero-order valence-corrected chi connectivity index (χ0v) is 18.9. The van der Waals surface area contributed by atoms with Gasteiger partial charge in [-0.05, 0) is 64.6 Å². The molecule has 0 bridgehead atoms. The third-order valence-corrected chi connectivity index (χ3v) is 5.85. The highest BCUT2D eigenvalue weighted by atomic mass is 16.4. The topological polar surface area (TPSA) is 64.3 Å². The smallest absolute Gasteiger partial charge is 0.335 e. The molecule has 4 heteroatoms. The van der Waals surface area contributed by atoms with Crippen LogP contribution in [0.3, 0.4) is 0 Å². The molecule has 4 aromatic carbocycles. The fourth-order valence-electron chi connectivity index (χ4n) is 4.00. The molecule has 4 rings (SSSR count). The molecule has 0 aromatic heterocycles. The van der Waals surface area contributed by atoms with Crippen LogP contribution in [0.25, 0.3) is 11.1 Å². The van der Waals surface area contributed by atoms with Crippen molar-refractivity contribution in [2.24, 2.45) is 0 Å². The quantitative estimate of drug-likeness (QED) is 0.334. The molecule has 4 aromatic rings. The number of rotatable bonds is 9. The normalized spacial score (nSPS) is 10.7. The molecule has 168 valence electrons. The van der Waals surface area contributed by atoms with E-state index in [1.807, 2.05) is 54.6 Å². The van der Waals surface area contributed by atoms with Crippen molar-refractivity contribution >= 4 is 5.97 Å². The molecule has 4 nitrogen and oxygen atoms in total. The third-order valence-electron chi connectivity index (χ3n) is 5.85. The third kappa shape index (κ3) is 6.19. The van der Waals surface area contributed by atoms with E-state index in [0.29, 0.717) is 5.56 Å². The lowest BCUT2D eigenvalue weighted by atomic mass is 10.0. The molecular formula is C30H26N2O2. The van der Waals surface area contributed by atoms with Gasteiger partial charge in [-0.15, -0.1) is 0 Å². The van der Waals surface area contributed by atoms with Crippen molar-refractivity contribution in [3.05, 3.63) is 131 Å². The van der Waals surface area contributed by atoms with E-state index >= 15 is 0 Å². The summed E-state index contributed by atoms with van der Waals surface area (Å²) in [5, 5.41) is 18.2. The molecule has 0 amide bonds. The maximum Gasteiger partial charge on any atom is 0.335 e. The van der Waals surface area contributed by atoms with Crippen LogP contribution in [0, 0.1) is 11.3 Å². The lowest BCUT2D eigenvalue weighted by Gasteiger charge is -2.23. The molecule has 0 aliphatic carbocycles. The highest BCUT2D eigenvalue weighted by molar-refractivity contribution is 5.88. The Morgan fingerprint density at radius 1 is 0.735 bits per heavy atom. The van der Waals surface area contributed by atoms with E-state index in [0.717, 1.165) is 37.2 Å². The summed E-state index contributed by atoms with van der Waals surface area (Å²) in [4.78, 5) is 13.6. The first-order valence-corrected chi connectivity index (χ1v) is 11.3. The van der Waals surface area contributed by atoms with Gasteiger partial charge in [-0.25, -0.2) is 4.79 Å². The van der Waals surface area contributed by atoms with Crippen LogP contribution in [0.4, 0.5) is 0 Å². The number of carbonyl (C=O) groups is 1. The van der Waals surface area contributed by atoms with Crippen LogP contribution in [-0.2, 0) is 19.5 Å². The Morgan fingerprint density at radius 3 is 2.09 bits per heavy atom. The summed E-state index contributed by atoms with van der Waals surface area (Å²) in [5.74, 6) is -0.919. The van der Waals surface area contributed by atoms with Crippen molar-refractivity contribution in [2.75, 3.05) is 6.54 Å². The largest absolute Gasteiger partial charge is 0.478 e. The highest BCUT2D eigenvalue weighted by Crippen LogP contribution is 2.22. The van der Waals surface area contributed by atoms with E-state index < -0.39 is 5.97 Å². The summed E-state index contributed by atoms with van der Waals surface area (Å²) in [6.07, 6.45) is 0.952. The molecule has 0 unspecified atom stereocenters. The van der Waals surface area contributed by atoms with E-state index in [1.54, 1.807) is 12.1 Å². The van der Waals surface area contributed by atoms with Gasteiger partial charge in [0, 0.05) is 19.6 Å². The zero-order chi connectivity index (χ0) is 23.8. The minimum atomic E-state index is -0.919.